The minimum atomic E-state index is -0.300. The molecule has 0 saturated carbocycles. The van der Waals surface area contributed by atoms with Gasteiger partial charge in [0.05, 0.1) is 6.04 Å². The molecule has 3 rings (SSSR count). The van der Waals surface area contributed by atoms with E-state index in [4.69, 9.17) is 0 Å². The molecule has 2 aromatic carbocycles. The smallest absolute Gasteiger partial charge is 0.268 e. The molecule has 0 aliphatic carbocycles. The predicted molar refractivity (Wildman–Crippen MR) is 88.4 cm³/mol. The van der Waals surface area contributed by atoms with Gasteiger partial charge in [-0.05, 0) is 24.6 Å². The standard InChI is InChI=1S/C19H18N2O2/c1-13-8-10-15(11-9-13)17-12-14(2)19(23)21(17)20-18(22)16-6-4-3-5-7-16/h3-11,17H,2,12H2,1H3,(H,20,22). The average Bonchev–Trinajstić information content (AvgIpc) is 2.85. The number of carbonyl (C=O) groups excluding carboxylic acids is 2. The Morgan fingerprint density at radius 1 is 1.13 bits per heavy atom. The molecule has 116 valence electrons. The van der Waals surface area contributed by atoms with Gasteiger partial charge in [-0.3, -0.25) is 15.0 Å². The second-order valence-corrected chi connectivity index (χ2v) is 5.72. The maximum absolute atomic E-state index is 12.3. The van der Waals surface area contributed by atoms with Crippen molar-refractivity contribution in [1.82, 2.24) is 10.4 Å². The largest absolute Gasteiger partial charge is 0.269 e. The van der Waals surface area contributed by atoms with Gasteiger partial charge in [0.1, 0.15) is 0 Å². The van der Waals surface area contributed by atoms with E-state index < -0.39 is 0 Å². The minimum Gasteiger partial charge on any atom is -0.268 e. The van der Waals surface area contributed by atoms with Gasteiger partial charge in [0.15, 0.2) is 0 Å². The van der Waals surface area contributed by atoms with Crippen LogP contribution in [0.1, 0.15) is 33.9 Å². The van der Waals surface area contributed by atoms with Crippen LogP contribution in [0.5, 0.6) is 0 Å². The molecule has 23 heavy (non-hydrogen) atoms. The average molecular weight is 306 g/mol. The van der Waals surface area contributed by atoms with Gasteiger partial charge < -0.3 is 0 Å². The highest BCUT2D eigenvalue weighted by molar-refractivity contribution is 6.00. The third-order valence-corrected chi connectivity index (χ3v) is 3.99. The van der Waals surface area contributed by atoms with Gasteiger partial charge in [-0.2, -0.15) is 0 Å². The number of aryl methyl sites for hydroxylation is 1. The number of hydrogen-bond acceptors (Lipinski definition) is 2. The number of benzene rings is 2. The number of rotatable bonds is 3. The Kier molecular flexibility index (Phi) is 3.98. The van der Waals surface area contributed by atoms with Crippen molar-refractivity contribution < 1.29 is 9.59 Å². The third-order valence-electron chi connectivity index (χ3n) is 3.99. The van der Waals surface area contributed by atoms with E-state index in [0.717, 1.165) is 11.1 Å². The van der Waals surface area contributed by atoms with E-state index in [2.05, 4.69) is 12.0 Å². The summed E-state index contributed by atoms with van der Waals surface area (Å²) in [6, 6.07) is 16.6. The Morgan fingerprint density at radius 3 is 2.43 bits per heavy atom. The second-order valence-electron chi connectivity index (χ2n) is 5.72. The molecule has 1 unspecified atom stereocenters. The molecular formula is C19H18N2O2. The van der Waals surface area contributed by atoms with Crippen LogP contribution in [0.4, 0.5) is 0 Å². The van der Waals surface area contributed by atoms with Gasteiger partial charge in [-0.15, -0.1) is 0 Å². The zero-order valence-corrected chi connectivity index (χ0v) is 13.0. The highest BCUT2D eigenvalue weighted by atomic mass is 16.2. The molecule has 4 heteroatoms. The molecule has 2 aromatic rings. The zero-order chi connectivity index (χ0) is 16.4. The summed E-state index contributed by atoms with van der Waals surface area (Å²) in [7, 11) is 0. The van der Waals surface area contributed by atoms with Crippen molar-refractivity contribution in [2.75, 3.05) is 0 Å². The predicted octanol–water partition coefficient (Wildman–Crippen LogP) is 3.17. The number of carbonyl (C=O) groups is 2. The van der Waals surface area contributed by atoms with Gasteiger partial charge >= 0.3 is 0 Å². The summed E-state index contributed by atoms with van der Waals surface area (Å²) in [5, 5.41) is 1.39. The normalized spacial score (nSPS) is 17.4. The second kappa shape index (κ2) is 6.08. The van der Waals surface area contributed by atoms with E-state index in [-0.39, 0.29) is 17.9 Å². The molecule has 0 aromatic heterocycles. The summed E-state index contributed by atoms with van der Waals surface area (Å²) in [6.45, 7) is 5.83. The van der Waals surface area contributed by atoms with Crippen LogP contribution in [-0.2, 0) is 4.79 Å². The zero-order valence-electron chi connectivity index (χ0n) is 13.0. The van der Waals surface area contributed by atoms with Crippen molar-refractivity contribution in [3.05, 3.63) is 83.4 Å². The Balaban J connectivity index is 1.85. The first-order valence-electron chi connectivity index (χ1n) is 7.50. The molecule has 1 saturated heterocycles. The highest BCUT2D eigenvalue weighted by Crippen LogP contribution is 2.34. The molecule has 2 amide bonds. The molecule has 0 radical (unpaired) electrons. The van der Waals surface area contributed by atoms with Crippen molar-refractivity contribution in [3.8, 4) is 0 Å². The van der Waals surface area contributed by atoms with Crippen molar-refractivity contribution in [3.63, 3.8) is 0 Å². The maximum atomic E-state index is 12.3. The summed E-state index contributed by atoms with van der Waals surface area (Å²) in [6.07, 6.45) is 0.511. The van der Waals surface area contributed by atoms with Crippen molar-refractivity contribution in [2.45, 2.75) is 19.4 Å². The summed E-state index contributed by atoms with van der Waals surface area (Å²) < 4.78 is 0. The lowest BCUT2D eigenvalue weighted by Gasteiger charge is -2.25. The lowest BCUT2D eigenvalue weighted by Crippen LogP contribution is -2.44. The molecule has 1 fully saturated rings. The van der Waals surface area contributed by atoms with E-state index in [9.17, 15) is 9.59 Å². The molecular weight excluding hydrogens is 288 g/mol. The van der Waals surface area contributed by atoms with Crippen LogP contribution in [0.2, 0.25) is 0 Å². The van der Waals surface area contributed by atoms with Crippen LogP contribution in [0, 0.1) is 6.92 Å². The maximum Gasteiger partial charge on any atom is 0.269 e. The first kappa shape index (κ1) is 15.0. The summed E-state index contributed by atoms with van der Waals surface area (Å²) in [5.41, 5.74) is 5.87. The SMILES string of the molecule is C=C1CC(c2ccc(C)cc2)N(NC(=O)c2ccccc2)C1=O. The quantitative estimate of drug-likeness (QED) is 0.886. The Labute approximate surface area is 135 Å². The fourth-order valence-electron chi connectivity index (χ4n) is 2.67. The van der Waals surface area contributed by atoms with Gasteiger partial charge in [0.2, 0.25) is 0 Å². The van der Waals surface area contributed by atoms with Crippen LogP contribution in [0.25, 0.3) is 0 Å². The molecule has 1 aliphatic rings. The van der Waals surface area contributed by atoms with E-state index >= 15 is 0 Å². The number of nitrogens with one attached hydrogen (secondary N) is 1. The van der Waals surface area contributed by atoms with Crippen molar-refractivity contribution >= 4 is 11.8 Å². The molecule has 1 heterocycles. The Bertz CT molecular complexity index is 751. The van der Waals surface area contributed by atoms with Gasteiger partial charge in [-0.25, -0.2) is 5.01 Å². The van der Waals surface area contributed by atoms with Crippen LogP contribution in [-0.4, -0.2) is 16.8 Å². The first-order valence-corrected chi connectivity index (χ1v) is 7.50. The topological polar surface area (TPSA) is 49.4 Å². The summed E-state index contributed by atoms with van der Waals surface area (Å²) >= 11 is 0. The van der Waals surface area contributed by atoms with Gasteiger partial charge in [0.25, 0.3) is 11.8 Å². The number of hydrazine groups is 1. The van der Waals surface area contributed by atoms with Gasteiger partial charge in [-0.1, -0.05) is 54.6 Å². The van der Waals surface area contributed by atoms with Crippen LogP contribution >= 0.6 is 0 Å². The van der Waals surface area contributed by atoms with Crippen LogP contribution < -0.4 is 5.43 Å². The monoisotopic (exact) mass is 306 g/mol. The van der Waals surface area contributed by atoms with E-state index in [1.807, 2.05) is 37.3 Å². The molecule has 1 atom stereocenters. The van der Waals surface area contributed by atoms with Crippen molar-refractivity contribution in [1.29, 1.82) is 0 Å². The molecule has 1 aliphatic heterocycles. The van der Waals surface area contributed by atoms with Crippen LogP contribution in [0.3, 0.4) is 0 Å². The van der Waals surface area contributed by atoms with Gasteiger partial charge in [0, 0.05) is 17.6 Å². The highest BCUT2D eigenvalue weighted by Gasteiger charge is 2.36. The fourth-order valence-corrected chi connectivity index (χ4v) is 2.67. The van der Waals surface area contributed by atoms with E-state index in [1.54, 1.807) is 24.3 Å². The number of hydrogen-bond donors (Lipinski definition) is 1. The van der Waals surface area contributed by atoms with E-state index in [1.165, 1.54) is 5.01 Å². The first-order chi connectivity index (χ1) is 11.1. The van der Waals surface area contributed by atoms with E-state index in [0.29, 0.717) is 17.6 Å². The minimum absolute atomic E-state index is 0.219. The fraction of sp³-hybridized carbons (Fsp3) is 0.158. The third kappa shape index (κ3) is 3.01. The number of nitrogens with zero attached hydrogens (tertiary/aromatic N) is 1. The Morgan fingerprint density at radius 2 is 1.78 bits per heavy atom. The molecule has 0 bridgehead atoms. The summed E-state index contributed by atoms with van der Waals surface area (Å²) in [5.74, 6) is -0.536. The molecule has 0 spiro atoms. The van der Waals surface area contributed by atoms with Crippen LogP contribution in [0.15, 0.2) is 66.7 Å². The molecule has 4 nitrogen and oxygen atoms in total. The summed E-state index contributed by atoms with van der Waals surface area (Å²) in [4.78, 5) is 24.7. The molecule has 1 N–H and O–H groups in total. The lowest BCUT2D eigenvalue weighted by atomic mass is 10.0. The Hall–Kier alpha value is -2.88. The van der Waals surface area contributed by atoms with Crippen molar-refractivity contribution in [2.24, 2.45) is 0 Å². The number of amides is 2. The lowest BCUT2D eigenvalue weighted by molar-refractivity contribution is -0.128.